The van der Waals surface area contributed by atoms with E-state index >= 15 is 0 Å². The van der Waals surface area contributed by atoms with Crippen LogP contribution in [0.4, 0.5) is 0 Å². The topological polar surface area (TPSA) is 96.3 Å². The van der Waals surface area contributed by atoms with Gasteiger partial charge in [-0.15, -0.1) is 0 Å². The van der Waals surface area contributed by atoms with Gasteiger partial charge in [-0.2, -0.15) is 5.48 Å². The quantitative estimate of drug-likeness (QED) is 0.214. The Morgan fingerprint density at radius 2 is 1.83 bits per heavy atom. The summed E-state index contributed by atoms with van der Waals surface area (Å²) in [6.07, 6.45) is 0. The Morgan fingerprint density at radius 3 is 1.83 bits per heavy atom. The van der Waals surface area contributed by atoms with E-state index in [-0.39, 0.29) is 0 Å². The van der Waals surface area contributed by atoms with Crippen molar-refractivity contribution in [1.82, 2.24) is 10.4 Å². The third kappa shape index (κ3) is 304. The second-order valence-corrected chi connectivity index (χ2v) is 0.545. The Bertz CT molecular complexity index is 49.8. The Labute approximate surface area is 34.3 Å². The van der Waals surface area contributed by atoms with Crippen molar-refractivity contribution in [2.24, 2.45) is 0 Å². The van der Waals surface area contributed by atoms with Gasteiger partial charge in [0, 0.05) is 0 Å². The van der Waals surface area contributed by atoms with Crippen LogP contribution in [-0.2, 0) is 4.84 Å². The van der Waals surface area contributed by atoms with Gasteiger partial charge in [0.1, 0.15) is 17.8 Å². The lowest BCUT2D eigenvalue weighted by molar-refractivity contribution is 0.412. The van der Waals surface area contributed by atoms with Crippen molar-refractivity contribution in [3.63, 3.8) is 0 Å². The summed E-state index contributed by atoms with van der Waals surface area (Å²) in [6, 6.07) is 0. The number of hydrogen-bond donors (Lipinski definition) is 3. The largest absolute Gasteiger partial charge is 0.282 e. The van der Waals surface area contributed by atoms with Gasteiger partial charge in [-0.3, -0.25) is 4.84 Å². The Morgan fingerprint density at radius 1 is 1.67 bits per heavy atom. The van der Waals surface area contributed by atoms with Crippen molar-refractivity contribution in [3.05, 3.63) is 0 Å². The lowest BCUT2D eigenvalue weighted by Gasteiger charge is -1.23. The highest BCUT2D eigenvalue weighted by Gasteiger charge is 1.91. The van der Waals surface area contributed by atoms with Crippen molar-refractivity contribution in [1.29, 1.82) is 11.1 Å². The van der Waals surface area contributed by atoms with E-state index in [2.05, 4.69) is 10.3 Å². The highest BCUT2D eigenvalue weighted by atomic mass is 16.8. The predicted molar refractivity (Wildman–Crippen MR) is 16.7 cm³/mol. The minimum atomic E-state index is 0.750. The molecule has 0 saturated carbocycles. The highest BCUT2D eigenvalue weighted by molar-refractivity contribution is 4.15. The fourth-order valence-electron chi connectivity index (χ4n) is 0. The van der Waals surface area contributed by atoms with Gasteiger partial charge in [0.15, 0.2) is 0 Å². The van der Waals surface area contributed by atoms with Crippen molar-refractivity contribution in [2.75, 3.05) is 6.73 Å². The summed E-state index contributed by atoms with van der Waals surface area (Å²) in [7, 11) is 0. The van der Waals surface area contributed by atoms with E-state index in [4.69, 9.17) is 11.1 Å². The Hall–Kier alpha value is -0.770. The predicted octanol–water partition coefficient (Wildman–Crippen LogP) is -0.406. The molecule has 0 spiro atoms. The zero-order chi connectivity index (χ0) is 4.83. The zero-order valence-electron chi connectivity index (χ0n) is 3.06. The third-order valence-corrected chi connectivity index (χ3v) is 0.144. The van der Waals surface area contributed by atoms with Gasteiger partial charge in [0.2, 0.25) is 4.91 Å². The van der Waals surface area contributed by atoms with Crippen LogP contribution in [0.3, 0.4) is 0 Å². The molecule has 5 heteroatoms. The lowest BCUT2D eigenvalue weighted by atomic mass is 11.5. The van der Waals surface area contributed by atoms with Gasteiger partial charge < -0.3 is 0 Å². The van der Waals surface area contributed by atoms with Gasteiger partial charge in [-0.05, 0) is 0 Å². The summed E-state index contributed by atoms with van der Waals surface area (Å²) >= 11 is 0. The Kier molecular flexibility index (Phi) is 3.69. The molecule has 0 aliphatic carbocycles. The molecule has 0 unspecified atom stereocenters. The van der Waals surface area contributed by atoms with Crippen molar-refractivity contribution >= 4 is 0 Å². The molecule has 0 aromatic rings. The number of nitrogens with one attached hydrogen (secondary N) is 3. The number of rotatable bonds is 0. The van der Waals surface area contributed by atoms with Crippen LogP contribution in [0.25, 0.3) is 0 Å². The van der Waals surface area contributed by atoms with Crippen LogP contribution in [0.2, 0.25) is 0 Å². The van der Waals surface area contributed by atoms with E-state index in [1.165, 1.54) is 0 Å². The molecule has 1 saturated heterocycles. The maximum Gasteiger partial charge on any atom is 0.211 e. The van der Waals surface area contributed by atoms with Gasteiger partial charge in [0.05, 0.1) is 0 Å². The monoisotopic (exact) mass is 89.0 g/mol. The molecule has 1 aliphatic heterocycles. The van der Waals surface area contributed by atoms with Gasteiger partial charge >= 0.3 is 0 Å². The molecule has 1 aliphatic rings. The summed E-state index contributed by atoms with van der Waals surface area (Å²) in [4.78, 5) is 6.25. The maximum absolute atomic E-state index is 5.50. The van der Waals surface area contributed by atoms with Crippen LogP contribution >= 0.6 is 0 Å². The minimum absolute atomic E-state index is 0.750. The molecule has 0 bridgehead atoms. The standard InChI is InChI=1S/CH3NO.H2N3/c1-2-3-1;1-3-2/h2H,1H2;1-2H/q;+1. The fourth-order valence-corrected chi connectivity index (χ4v) is 0. The molecule has 0 radical (unpaired) electrons. The van der Waals surface area contributed by atoms with E-state index in [9.17, 15) is 0 Å². The molecule has 3 N–H and O–H groups in total. The van der Waals surface area contributed by atoms with Crippen LogP contribution in [0.5, 0.6) is 0 Å². The third-order valence-electron chi connectivity index (χ3n) is 0.144. The first-order chi connectivity index (χ1) is 2.91. The van der Waals surface area contributed by atoms with E-state index in [1.807, 2.05) is 4.91 Å². The maximum atomic E-state index is 5.50. The molecule has 1 heterocycles. The molecule has 34 valence electrons. The van der Waals surface area contributed by atoms with Gasteiger partial charge in [0.25, 0.3) is 0 Å². The second-order valence-electron chi connectivity index (χ2n) is 0.545. The average molecular weight is 89.1 g/mol. The fraction of sp³-hybridized carbons (Fsp3) is 1.00. The molecule has 0 aromatic carbocycles. The van der Waals surface area contributed by atoms with Crippen molar-refractivity contribution in [2.45, 2.75) is 0 Å². The van der Waals surface area contributed by atoms with E-state index in [1.54, 1.807) is 0 Å². The van der Waals surface area contributed by atoms with Crippen LogP contribution in [-0.4, -0.2) is 6.73 Å². The lowest BCUT2D eigenvalue weighted by Crippen LogP contribution is -1.54. The highest BCUT2D eigenvalue weighted by Crippen LogP contribution is 1.70. The molecular weight excluding hydrogens is 84.0 g/mol. The second kappa shape index (κ2) is 4.23. The first kappa shape index (κ1) is 5.23. The van der Waals surface area contributed by atoms with Gasteiger partial charge in [-0.1, -0.05) is 0 Å². The van der Waals surface area contributed by atoms with Crippen LogP contribution < -0.4 is 10.4 Å². The summed E-state index contributed by atoms with van der Waals surface area (Å²) < 4.78 is 0. The zero-order valence-corrected chi connectivity index (χ0v) is 3.06. The first-order valence-corrected chi connectivity index (χ1v) is 1.29. The first-order valence-electron chi connectivity index (χ1n) is 1.29. The molecule has 0 atom stereocenters. The van der Waals surface area contributed by atoms with E-state index in [0.29, 0.717) is 0 Å². The minimum Gasteiger partial charge on any atom is -0.282 e. The van der Waals surface area contributed by atoms with Crippen LogP contribution in [0.15, 0.2) is 0 Å². The van der Waals surface area contributed by atoms with Crippen LogP contribution in [0.1, 0.15) is 0 Å². The summed E-state index contributed by atoms with van der Waals surface area (Å²) in [5, 5.41) is 0. The molecule has 1 rings (SSSR count). The van der Waals surface area contributed by atoms with Gasteiger partial charge in [-0.25, -0.2) is 0 Å². The molecular formula is CH5N4O+. The summed E-state index contributed by atoms with van der Waals surface area (Å²) in [5.41, 5.74) is 13.5. The molecule has 0 amide bonds. The van der Waals surface area contributed by atoms with Crippen LogP contribution in [0, 0.1) is 11.1 Å². The normalized spacial score (nSPS) is 13.3. The number of hydroxylamine groups is 1. The summed E-state index contributed by atoms with van der Waals surface area (Å²) in [6.45, 7) is 0.750. The molecule has 5 nitrogen and oxygen atoms in total. The van der Waals surface area contributed by atoms with Crippen molar-refractivity contribution < 1.29 is 4.84 Å². The number of hydrogen-bond acceptors (Lipinski definition) is 4. The molecule has 6 heavy (non-hydrogen) atoms. The van der Waals surface area contributed by atoms with E-state index in [0.717, 1.165) is 6.73 Å². The van der Waals surface area contributed by atoms with Crippen molar-refractivity contribution in [3.8, 4) is 0 Å². The number of nitrogens with zero attached hydrogens (tertiary/aromatic N) is 1. The SMILES string of the molecule is C1NO1.N=[N+]=N. The average Bonchev–Trinajstić information content (AvgIpc) is 2.11. The molecule has 0 aromatic heterocycles. The van der Waals surface area contributed by atoms with E-state index < -0.39 is 0 Å². The summed E-state index contributed by atoms with van der Waals surface area (Å²) in [5.74, 6) is 0. The molecule has 1 fully saturated rings. The Balaban J connectivity index is 0.0000000833. The smallest absolute Gasteiger partial charge is 0.211 e.